The maximum atomic E-state index is 9.21. The van der Waals surface area contributed by atoms with Crippen LogP contribution in [0.1, 0.15) is 22.9 Å². The van der Waals surface area contributed by atoms with Gasteiger partial charge in [-0.1, -0.05) is 103 Å². The molecule has 1 unspecified atom stereocenters. The topological polar surface area (TPSA) is 38.8 Å². The molecule has 0 fully saturated rings. The molecule has 0 saturated carbocycles. The van der Waals surface area contributed by atoms with Crippen molar-refractivity contribution in [3.8, 4) is 28.3 Å². The highest BCUT2D eigenvalue weighted by atomic mass is 15.3. The Bertz CT molecular complexity index is 1920. The predicted molar refractivity (Wildman–Crippen MR) is 162 cm³/mol. The lowest BCUT2D eigenvalue weighted by Crippen LogP contribution is -2.51. The van der Waals surface area contributed by atoms with Crippen molar-refractivity contribution in [3.63, 3.8) is 0 Å². The van der Waals surface area contributed by atoms with Crippen LogP contribution >= 0.6 is 0 Å². The van der Waals surface area contributed by atoms with Crippen molar-refractivity contribution in [1.82, 2.24) is 5.32 Å². The summed E-state index contributed by atoms with van der Waals surface area (Å²) in [7, 11) is 0. The van der Waals surface area contributed by atoms with E-state index >= 15 is 0 Å². The normalized spacial score (nSPS) is 14.3. The Labute approximate surface area is 233 Å². The number of nitrogens with zero attached hydrogens (tertiary/aromatic N) is 2. The highest BCUT2D eigenvalue weighted by molar-refractivity contribution is 6.02. The van der Waals surface area contributed by atoms with Gasteiger partial charge in [0, 0.05) is 5.56 Å². The molecule has 0 saturated heterocycles. The van der Waals surface area contributed by atoms with Crippen molar-refractivity contribution >= 4 is 22.3 Å². The van der Waals surface area contributed by atoms with E-state index in [0.29, 0.717) is 5.56 Å². The largest absolute Gasteiger partial charge is 0.289 e. The zero-order chi connectivity index (χ0) is 26.9. The first kappa shape index (κ1) is 23.6. The maximum absolute atomic E-state index is 9.21. The van der Waals surface area contributed by atoms with Gasteiger partial charge in [-0.2, -0.15) is 9.84 Å². The van der Waals surface area contributed by atoms with Crippen LogP contribution in [0.4, 0.5) is 5.69 Å². The first-order chi connectivity index (χ1) is 19.8. The molecule has 1 N–H and O–H groups in total. The lowest BCUT2D eigenvalue weighted by molar-refractivity contribution is -0.531. The van der Waals surface area contributed by atoms with E-state index < -0.39 is 0 Å². The summed E-state index contributed by atoms with van der Waals surface area (Å²) in [5.41, 5.74) is 8.80. The second-order valence-corrected chi connectivity index (χ2v) is 10.0. The predicted octanol–water partition coefficient (Wildman–Crippen LogP) is 8.44. The van der Waals surface area contributed by atoms with Gasteiger partial charge in [-0.3, -0.25) is 0 Å². The molecule has 6 aromatic rings. The Morgan fingerprint density at radius 2 is 1.12 bits per heavy atom. The van der Waals surface area contributed by atoms with E-state index in [1.54, 1.807) is 0 Å². The van der Waals surface area contributed by atoms with Crippen LogP contribution in [0, 0.1) is 11.3 Å². The molecule has 188 valence electrons. The van der Waals surface area contributed by atoms with Gasteiger partial charge >= 0.3 is 0 Å². The molecule has 1 heterocycles. The van der Waals surface area contributed by atoms with E-state index in [0.717, 1.165) is 28.2 Å². The number of benzene rings is 6. The summed E-state index contributed by atoms with van der Waals surface area (Å²) in [6.45, 7) is 0. The average Bonchev–Trinajstić information content (AvgIpc) is 3.01. The van der Waals surface area contributed by atoms with Crippen LogP contribution in [0.3, 0.4) is 0 Å². The molecule has 0 radical (unpaired) electrons. The molecular formula is C37H26N3+. The molecule has 7 rings (SSSR count). The molecule has 3 nitrogen and oxygen atoms in total. The highest BCUT2D eigenvalue weighted by Crippen LogP contribution is 2.35. The van der Waals surface area contributed by atoms with Crippen LogP contribution in [0.5, 0.6) is 0 Å². The van der Waals surface area contributed by atoms with Gasteiger partial charge in [-0.25, -0.2) is 5.32 Å². The van der Waals surface area contributed by atoms with Gasteiger partial charge in [0.05, 0.1) is 17.2 Å². The smallest absolute Gasteiger partial charge is 0.229 e. The van der Waals surface area contributed by atoms with Gasteiger partial charge in [0.1, 0.15) is 5.69 Å². The summed E-state index contributed by atoms with van der Waals surface area (Å²) in [4.78, 5) is 0. The first-order valence-electron chi connectivity index (χ1n) is 13.5. The van der Waals surface area contributed by atoms with E-state index in [9.17, 15) is 5.26 Å². The third-order valence-electron chi connectivity index (χ3n) is 7.60. The van der Waals surface area contributed by atoms with Crippen LogP contribution < -0.4 is 5.32 Å². The molecule has 1 atom stereocenters. The minimum atomic E-state index is 0.0833. The second-order valence-electron chi connectivity index (χ2n) is 10.0. The van der Waals surface area contributed by atoms with Crippen molar-refractivity contribution in [3.05, 3.63) is 162 Å². The fourth-order valence-corrected chi connectivity index (χ4v) is 5.56. The van der Waals surface area contributed by atoms with Crippen molar-refractivity contribution in [1.29, 1.82) is 5.26 Å². The number of nitriles is 1. The molecule has 6 aromatic carbocycles. The molecule has 3 heteroatoms. The third-order valence-corrected chi connectivity index (χ3v) is 7.60. The standard InChI is InChI=1S/C37H25N3/c38-25-26-15-17-28(18-16-26)34-13-7-8-14-35(34)30-21-19-27-20-22-31(24-32(27)23-30)37-39-36(29-9-3-1-4-10-29)40(37)33-11-5-2-6-12-33/h1-24,36H/p+1. The number of amidine groups is 1. The summed E-state index contributed by atoms with van der Waals surface area (Å²) in [5.74, 6) is 1.10. The molecule has 0 spiro atoms. The Balaban J connectivity index is 1.32. The van der Waals surface area contributed by atoms with Gasteiger partial charge in [0.2, 0.25) is 0 Å². The molecule has 0 amide bonds. The number of para-hydroxylation sites is 1. The molecule has 1 aliphatic rings. The Hall–Kier alpha value is -5.46. The summed E-state index contributed by atoms with van der Waals surface area (Å²) in [6.07, 6.45) is 0.0833. The van der Waals surface area contributed by atoms with Crippen molar-refractivity contribution in [2.24, 2.45) is 0 Å². The SMILES string of the molecule is N#Cc1ccc(-c2ccccc2-c2ccc3ccc(C4=[N+](c5ccccc5)C(c5ccccc5)N4)cc3c2)cc1. The second kappa shape index (κ2) is 10.0. The summed E-state index contributed by atoms with van der Waals surface area (Å²) in [6, 6.07) is 53.0. The van der Waals surface area contributed by atoms with Crippen LogP contribution in [0.2, 0.25) is 0 Å². The van der Waals surface area contributed by atoms with Crippen LogP contribution in [-0.4, -0.2) is 10.4 Å². The molecule has 1 aliphatic heterocycles. The Morgan fingerprint density at radius 3 is 1.82 bits per heavy atom. The Morgan fingerprint density at radius 1 is 0.550 bits per heavy atom. The van der Waals surface area contributed by atoms with E-state index in [-0.39, 0.29) is 6.17 Å². The van der Waals surface area contributed by atoms with E-state index in [1.807, 2.05) is 24.3 Å². The molecule has 40 heavy (non-hydrogen) atoms. The van der Waals surface area contributed by atoms with Gasteiger partial charge in [0.15, 0.2) is 0 Å². The zero-order valence-electron chi connectivity index (χ0n) is 21.8. The van der Waals surface area contributed by atoms with Gasteiger partial charge in [-0.05, 0) is 75.5 Å². The average molecular weight is 513 g/mol. The van der Waals surface area contributed by atoms with Gasteiger partial charge in [0.25, 0.3) is 12.0 Å². The van der Waals surface area contributed by atoms with Crippen LogP contribution in [0.25, 0.3) is 33.0 Å². The molecular weight excluding hydrogens is 486 g/mol. The zero-order valence-corrected chi connectivity index (χ0v) is 21.8. The third kappa shape index (κ3) is 4.22. The lowest BCUT2D eigenvalue weighted by Gasteiger charge is -2.29. The van der Waals surface area contributed by atoms with Crippen molar-refractivity contribution < 1.29 is 4.58 Å². The fourth-order valence-electron chi connectivity index (χ4n) is 5.56. The summed E-state index contributed by atoms with van der Waals surface area (Å²) < 4.78 is 2.38. The minimum absolute atomic E-state index is 0.0833. The molecule has 0 bridgehead atoms. The number of rotatable bonds is 5. The van der Waals surface area contributed by atoms with E-state index in [1.165, 1.54) is 27.5 Å². The first-order valence-corrected chi connectivity index (χ1v) is 13.5. The fraction of sp³-hybridized carbons (Fsp3) is 0.0270. The van der Waals surface area contributed by atoms with Crippen LogP contribution in [-0.2, 0) is 0 Å². The molecule has 0 aromatic heterocycles. The summed E-state index contributed by atoms with van der Waals surface area (Å²) in [5, 5.41) is 15.3. The minimum Gasteiger partial charge on any atom is -0.229 e. The van der Waals surface area contributed by atoms with Gasteiger partial charge in [-0.15, -0.1) is 0 Å². The maximum Gasteiger partial charge on any atom is 0.289 e. The van der Waals surface area contributed by atoms with Gasteiger partial charge < -0.3 is 0 Å². The van der Waals surface area contributed by atoms with E-state index in [4.69, 9.17) is 0 Å². The lowest BCUT2D eigenvalue weighted by atomic mass is 9.92. The van der Waals surface area contributed by atoms with Crippen molar-refractivity contribution in [2.75, 3.05) is 0 Å². The summed E-state index contributed by atoms with van der Waals surface area (Å²) >= 11 is 0. The number of nitrogens with one attached hydrogen (secondary N) is 1. The van der Waals surface area contributed by atoms with Crippen LogP contribution in [0.15, 0.2) is 146 Å². The Kier molecular flexibility index (Phi) is 5.92. The number of hydrogen-bond donors (Lipinski definition) is 1. The highest BCUT2D eigenvalue weighted by Gasteiger charge is 2.40. The number of fused-ring (bicyclic) bond motifs is 1. The number of hydrogen-bond acceptors (Lipinski definition) is 2. The quantitative estimate of drug-likeness (QED) is 0.235. The monoisotopic (exact) mass is 512 g/mol. The van der Waals surface area contributed by atoms with Crippen molar-refractivity contribution in [2.45, 2.75) is 6.17 Å². The molecule has 0 aliphatic carbocycles. The van der Waals surface area contributed by atoms with E-state index in [2.05, 4.69) is 137 Å².